The predicted molar refractivity (Wildman–Crippen MR) is 79.9 cm³/mol. The van der Waals surface area contributed by atoms with Crippen LogP contribution < -0.4 is 0 Å². The van der Waals surface area contributed by atoms with Crippen molar-refractivity contribution in [3.8, 4) is 0 Å². The van der Waals surface area contributed by atoms with Crippen LogP contribution in [0.4, 0.5) is 0 Å². The maximum Gasteiger partial charge on any atom is 0.150 e. The van der Waals surface area contributed by atoms with E-state index >= 15 is 0 Å². The van der Waals surface area contributed by atoms with Gasteiger partial charge in [-0.1, -0.05) is 34.1 Å². The fourth-order valence-electron chi connectivity index (χ4n) is 3.34. The Labute approximate surface area is 118 Å². The van der Waals surface area contributed by atoms with Crippen LogP contribution in [0.2, 0.25) is 0 Å². The summed E-state index contributed by atoms with van der Waals surface area (Å²) in [4.78, 5) is 0. The molecule has 1 saturated carbocycles. The molecule has 0 aromatic rings. The Bertz CT molecular complexity index is 373. The molecule has 3 unspecified atom stereocenters. The number of rotatable bonds is 6. The fraction of sp³-hybridized carbons (Fsp3) is 1.00. The first kappa shape index (κ1) is 17.0. The van der Waals surface area contributed by atoms with Gasteiger partial charge < -0.3 is 5.11 Å². The quantitative estimate of drug-likeness (QED) is 0.818. The van der Waals surface area contributed by atoms with Crippen molar-refractivity contribution < 1.29 is 13.5 Å². The van der Waals surface area contributed by atoms with Gasteiger partial charge in [-0.25, -0.2) is 8.42 Å². The average molecular weight is 290 g/mol. The molecule has 0 aliphatic heterocycles. The third-order valence-corrected chi connectivity index (χ3v) is 6.59. The summed E-state index contributed by atoms with van der Waals surface area (Å²) in [5, 5.41) is 10.3. The summed E-state index contributed by atoms with van der Waals surface area (Å²) in [7, 11) is -2.86. The number of sulfone groups is 1. The second-order valence-electron chi connectivity index (χ2n) is 6.92. The minimum Gasteiger partial charge on any atom is -0.393 e. The van der Waals surface area contributed by atoms with Crippen molar-refractivity contribution in [2.45, 2.75) is 65.9 Å². The Kier molecular flexibility index (Phi) is 5.87. The Morgan fingerprint density at radius 2 is 1.89 bits per heavy atom. The third-order valence-electron chi connectivity index (χ3n) is 4.80. The van der Waals surface area contributed by atoms with Crippen LogP contribution in [0.1, 0.15) is 59.8 Å². The molecule has 0 bridgehead atoms. The highest BCUT2D eigenvalue weighted by molar-refractivity contribution is 7.91. The Hall–Kier alpha value is -0.0900. The highest BCUT2D eigenvalue weighted by Crippen LogP contribution is 2.42. The molecule has 3 atom stereocenters. The number of hydrogen-bond acceptors (Lipinski definition) is 3. The van der Waals surface area contributed by atoms with Crippen molar-refractivity contribution in [3.05, 3.63) is 0 Å². The summed E-state index contributed by atoms with van der Waals surface area (Å²) in [6.45, 7) is 8.25. The van der Waals surface area contributed by atoms with Crippen molar-refractivity contribution in [2.75, 3.05) is 11.5 Å². The van der Waals surface area contributed by atoms with E-state index in [9.17, 15) is 13.5 Å². The van der Waals surface area contributed by atoms with E-state index < -0.39 is 9.84 Å². The van der Waals surface area contributed by atoms with Crippen LogP contribution in [-0.2, 0) is 9.84 Å². The number of aliphatic hydroxyl groups is 1. The first-order chi connectivity index (χ1) is 8.68. The van der Waals surface area contributed by atoms with Crippen LogP contribution in [0.15, 0.2) is 0 Å². The van der Waals surface area contributed by atoms with Crippen LogP contribution in [0.25, 0.3) is 0 Å². The third kappa shape index (κ3) is 5.07. The van der Waals surface area contributed by atoms with Crippen LogP contribution in [0.3, 0.4) is 0 Å². The van der Waals surface area contributed by atoms with Crippen molar-refractivity contribution >= 4 is 9.84 Å². The molecule has 0 saturated heterocycles. The fourth-order valence-corrected chi connectivity index (χ4v) is 4.21. The molecule has 1 aliphatic carbocycles. The first-order valence-electron chi connectivity index (χ1n) is 7.56. The normalized spacial score (nSPS) is 29.4. The lowest BCUT2D eigenvalue weighted by Crippen LogP contribution is -2.38. The SMILES string of the molecule is CCS(=O)(=O)CCCC(C)(C)C1CCC(C)CC1O. The summed E-state index contributed by atoms with van der Waals surface area (Å²) in [6, 6.07) is 0. The van der Waals surface area contributed by atoms with E-state index in [1.807, 2.05) is 0 Å². The highest BCUT2D eigenvalue weighted by atomic mass is 32.2. The zero-order chi connectivity index (χ0) is 14.7. The lowest BCUT2D eigenvalue weighted by molar-refractivity contribution is -0.0161. The lowest BCUT2D eigenvalue weighted by atomic mass is 9.66. The van der Waals surface area contributed by atoms with E-state index in [0.29, 0.717) is 18.3 Å². The highest BCUT2D eigenvalue weighted by Gasteiger charge is 2.37. The van der Waals surface area contributed by atoms with Gasteiger partial charge in [-0.15, -0.1) is 0 Å². The maximum absolute atomic E-state index is 11.5. The Morgan fingerprint density at radius 1 is 1.26 bits per heavy atom. The molecule has 0 heterocycles. The standard InChI is InChI=1S/C15H30O3S/c1-5-19(17,18)10-6-9-15(3,4)13-8-7-12(2)11-14(13)16/h12-14,16H,5-11H2,1-4H3. The minimum atomic E-state index is -2.86. The van der Waals surface area contributed by atoms with Gasteiger partial charge in [0.1, 0.15) is 9.84 Å². The molecule has 114 valence electrons. The molecule has 1 aliphatic rings. The van der Waals surface area contributed by atoms with Gasteiger partial charge in [0.2, 0.25) is 0 Å². The van der Waals surface area contributed by atoms with E-state index in [2.05, 4.69) is 20.8 Å². The predicted octanol–water partition coefficient (Wildman–Crippen LogP) is 3.02. The summed E-state index contributed by atoms with van der Waals surface area (Å²) in [5.74, 6) is 1.44. The molecule has 4 heteroatoms. The summed E-state index contributed by atoms with van der Waals surface area (Å²) in [5.41, 5.74) is 0.0306. The van der Waals surface area contributed by atoms with Gasteiger partial charge in [0.25, 0.3) is 0 Å². The molecule has 19 heavy (non-hydrogen) atoms. The second-order valence-corrected chi connectivity index (χ2v) is 9.39. The smallest absolute Gasteiger partial charge is 0.150 e. The average Bonchev–Trinajstić information content (AvgIpc) is 2.27. The van der Waals surface area contributed by atoms with Crippen LogP contribution in [0, 0.1) is 17.3 Å². The van der Waals surface area contributed by atoms with Crippen LogP contribution in [-0.4, -0.2) is 31.1 Å². The second kappa shape index (κ2) is 6.57. The molecule has 0 amide bonds. The van der Waals surface area contributed by atoms with Crippen molar-refractivity contribution in [1.82, 2.24) is 0 Å². The zero-order valence-electron chi connectivity index (χ0n) is 12.9. The molecule has 1 fully saturated rings. The van der Waals surface area contributed by atoms with E-state index in [-0.39, 0.29) is 23.0 Å². The van der Waals surface area contributed by atoms with Gasteiger partial charge in [0.05, 0.1) is 11.9 Å². The van der Waals surface area contributed by atoms with Gasteiger partial charge in [0.15, 0.2) is 0 Å². The van der Waals surface area contributed by atoms with Crippen molar-refractivity contribution in [2.24, 2.45) is 17.3 Å². The minimum absolute atomic E-state index is 0.0306. The van der Waals surface area contributed by atoms with Crippen LogP contribution in [0.5, 0.6) is 0 Å². The maximum atomic E-state index is 11.5. The molecule has 0 aromatic heterocycles. The van der Waals surface area contributed by atoms with Gasteiger partial charge in [-0.05, 0) is 42.9 Å². The van der Waals surface area contributed by atoms with Gasteiger partial charge >= 0.3 is 0 Å². The van der Waals surface area contributed by atoms with E-state index in [0.717, 1.165) is 19.3 Å². The summed E-state index contributed by atoms with van der Waals surface area (Å²) >= 11 is 0. The van der Waals surface area contributed by atoms with E-state index in [4.69, 9.17) is 0 Å². The van der Waals surface area contributed by atoms with Gasteiger partial charge in [-0.2, -0.15) is 0 Å². The van der Waals surface area contributed by atoms with Gasteiger partial charge in [0, 0.05) is 5.75 Å². The van der Waals surface area contributed by atoms with Crippen molar-refractivity contribution in [3.63, 3.8) is 0 Å². The molecule has 0 aromatic carbocycles. The molecule has 1 rings (SSSR count). The number of aliphatic hydroxyl groups excluding tert-OH is 1. The van der Waals surface area contributed by atoms with E-state index in [1.54, 1.807) is 6.92 Å². The first-order valence-corrected chi connectivity index (χ1v) is 9.38. The zero-order valence-corrected chi connectivity index (χ0v) is 13.7. The molecule has 3 nitrogen and oxygen atoms in total. The van der Waals surface area contributed by atoms with Gasteiger partial charge in [-0.3, -0.25) is 0 Å². The lowest BCUT2D eigenvalue weighted by Gasteiger charge is -2.42. The molecule has 1 N–H and O–H groups in total. The summed E-state index contributed by atoms with van der Waals surface area (Å²) < 4.78 is 23.0. The Morgan fingerprint density at radius 3 is 2.42 bits per heavy atom. The molecular formula is C15H30O3S. The monoisotopic (exact) mass is 290 g/mol. The molecule has 0 spiro atoms. The van der Waals surface area contributed by atoms with Crippen LogP contribution >= 0.6 is 0 Å². The topological polar surface area (TPSA) is 54.4 Å². The number of hydrogen-bond donors (Lipinski definition) is 1. The molecule has 0 radical (unpaired) electrons. The largest absolute Gasteiger partial charge is 0.393 e. The van der Waals surface area contributed by atoms with Crippen molar-refractivity contribution in [1.29, 1.82) is 0 Å². The molecular weight excluding hydrogens is 260 g/mol. The summed E-state index contributed by atoms with van der Waals surface area (Å²) in [6.07, 6.45) is 4.50. The Balaban J connectivity index is 2.51. The van der Waals surface area contributed by atoms with E-state index in [1.165, 1.54) is 6.42 Å².